The molecule has 0 aromatic rings. The molecule has 0 radical (unpaired) electrons. The average molecular weight is 676 g/mol. The molecule has 1 aliphatic rings. The van der Waals surface area contributed by atoms with Crippen LogP contribution in [0, 0.1) is 0 Å². The van der Waals surface area contributed by atoms with Gasteiger partial charge >= 0.3 is 5.97 Å². The monoisotopic (exact) mass is 674 g/mol. The molecule has 1 heterocycles. The largest absolute Gasteiger partial charge is 1.00 e. The molecule has 0 saturated carbocycles. The van der Waals surface area contributed by atoms with Gasteiger partial charge in [0.25, 0.3) is 0 Å². The standard InChI is InChI=1S/C36H71N2O4.BrH/c1-4-6-8-10-11-12-13-14-15-16-17-18-19-20-21-23-31-40-32-33-41-34-35-42-36(39)24-25-37-26-29-38(3,30-27-37)28-22-9-7-5-2;/h14-15H,4-13,16-35H2,1-3H3;1H/q+1;/p-1. The summed E-state index contributed by atoms with van der Waals surface area (Å²) in [6.07, 6.45) is 29.1. The van der Waals surface area contributed by atoms with Crippen LogP contribution in [0.25, 0.3) is 0 Å². The first-order chi connectivity index (χ1) is 20.6. The highest BCUT2D eigenvalue weighted by Crippen LogP contribution is 2.14. The maximum atomic E-state index is 12.1. The molecule has 0 aromatic carbocycles. The molecule has 1 saturated heterocycles. The van der Waals surface area contributed by atoms with Crippen LogP contribution in [0.1, 0.15) is 136 Å². The summed E-state index contributed by atoms with van der Waals surface area (Å²) in [6, 6.07) is 0. The lowest BCUT2D eigenvalue weighted by molar-refractivity contribution is -0.913. The summed E-state index contributed by atoms with van der Waals surface area (Å²) in [6.45, 7) is 14.0. The number of carbonyl (C=O) groups excluding carboxylic acids is 1. The zero-order valence-electron chi connectivity index (χ0n) is 28.8. The lowest BCUT2D eigenvalue weighted by Gasteiger charge is -2.42. The van der Waals surface area contributed by atoms with Gasteiger partial charge in [0.1, 0.15) is 6.61 Å². The topological polar surface area (TPSA) is 48.0 Å². The van der Waals surface area contributed by atoms with Gasteiger partial charge in [-0.25, -0.2) is 0 Å². The number of piperazine rings is 1. The van der Waals surface area contributed by atoms with Crippen LogP contribution in [-0.2, 0) is 19.0 Å². The highest BCUT2D eigenvalue weighted by atomic mass is 79.9. The molecule has 256 valence electrons. The van der Waals surface area contributed by atoms with Crippen molar-refractivity contribution in [1.29, 1.82) is 0 Å². The molecule has 6 nitrogen and oxygen atoms in total. The van der Waals surface area contributed by atoms with E-state index >= 15 is 0 Å². The number of carbonyl (C=O) groups is 1. The van der Waals surface area contributed by atoms with Gasteiger partial charge in [-0.3, -0.25) is 9.69 Å². The lowest BCUT2D eigenvalue weighted by Crippen LogP contribution is -3.00. The number of esters is 1. The first-order valence-electron chi connectivity index (χ1n) is 18.1. The summed E-state index contributed by atoms with van der Waals surface area (Å²) in [7, 11) is 2.39. The summed E-state index contributed by atoms with van der Waals surface area (Å²) in [5.41, 5.74) is 0. The Balaban J connectivity index is 0.0000176. The first kappa shape index (κ1) is 42.5. The third-order valence-electron chi connectivity index (χ3n) is 8.76. The number of hydrogen-bond donors (Lipinski definition) is 0. The van der Waals surface area contributed by atoms with Gasteiger partial charge in [-0.2, -0.15) is 0 Å². The van der Waals surface area contributed by atoms with Crippen LogP contribution in [0.3, 0.4) is 0 Å². The normalized spacial score (nSPS) is 15.1. The fourth-order valence-electron chi connectivity index (χ4n) is 5.67. The number of ether oxygens (including phenoxy) is 3. The predicted molar refractivity (Wildman–Crippen MR) is 178 cm³/mol. The fourth-order valence-corrected chi connectivity index (χ4v) is 5.67. The molecule has 7 heteroatoms. The summed E-state index contributed by atoms with van der Waals surface area (Å²) >= 11 is 0. The molecular formula is C36H71BrN2O4. The molecule has 0 unspecified atom stereocenters. The number of nitrogens with zero attached hydrogens (tertiary/aromatic N) is 2. The second-order valence-corrected chi connectivity index (χ2v) is 12.8. The highest BCUT2D eigenvalue weighted by Gasteiger charge is 2.28. The molecular weight excluding hydrogens is 604 g/mol. The maximum Gasteiger partial charge on any atom is 0.307 e. The van der Waals surface area contributed by atoms with Crippen LogP contribution in [0.15, 0.2) is 12.2 Å². The van der Waals surface area contributed by atoms with Crippen LogP contribution in [0.2, 0.25) is 0 Å². The molecule has 0 spiro atoms. The van der Waals surface area contributed by atoms with E-state index in [-0.39, 0.29) is 23.0 Å². The SMILES string of the molecule is CCCCCCCCC=CCCCCCCCCOCCOCCOC(=O)CCN1CC[N+](C)(CCCCCC)CC1.[Br-]. The van der Waals surface area contributed by atoms with Gasteiger partial charge in [0, 0.05) is 26.2 Å². The second kappa shape index (κ2) is 31.5. The molecule has 0 bridgehead atoms. The van der Waals surface area contributed by atoms with Crippen molar-refractivity contribution in [2.45, 2.75) is 136 Å². The smallest absolute Gasteiger partial charge is 0.307 e. The zero-order chi connectivity index (χ0) is 30.4. The van der Waals surface area contributed by atoms with E-state index in [4.69, 9.17) is 14.2 Å². The van der Waals surface area contributed by atoms with E-state index in [0.29, 0.717) is 32.8 Å². The Labute approximate surface area is 278 Å². The molecule has 0 N–H and O–H groups in total. The molecule has 0 aliphatic carbocycles. The second-order valence-electron chi connectivity index (χ2n) is 12.8. The van der Waals surface area contributed by atoms with E-state index in [1.54, 1.807) is 0 Å². The molecule has 0 aromatic heterocycles. The van der Waals surface area contributed by atoms with Crippen molar-refractivity contribution in [3.8, 4) is 0 Å². The molecule has 43 heavy (non-hydrogen) atoms. The predicted octanol–water partition coefficient (Wildman–Crippen LogP) is 5.34. The van der Waals surface area contributed by atoms with Crippen molar-refractivity contribution in [1.82, 2.24) is 4.90 Å². The van der Waals surface area contributed by atoms with Gasteiger partial charge in [-0.15, -0.1) is 0 Å². The van der Waals surface area contributed by atoms with Gasteiger partial charge in [-0.05, 0) is 44.9 Å². The number of allylic oxidation sites excluding steroid dienone is 2. The van der Waals surface area contributed by atoms with Crippen molar-refractivity contribution in [2.24, 2.45) is 0 Å². The zero-order valence-corrected chi connectivity index (χ0v) is 30.4. The molecule has 1 aliphatic heterocycles. The van der Waals surface area contributed by atoms with Crippen LogP contribution in [0.4, 0.5) is 0 Å². The number of halogens is 1. The minimum Gasteiger partial charge on any atom is -1.00 e. The third-order valence-corrected chi connectivity index (χ3v) is 8.76. The highest BCUT2D eigenvalue weighted by molar-refractivity contribution is 5.69. The van der Waals surface area contributed by atoms with E-state index in [1.165, 1.54) is 133 Å². The Morgan fingerprint density at radius 3 is 1.74 bits per heavy atom. The summed E-state index contributed by atoms with van der Waals surface area (Å²) in [5, 5.41) is 0. The van der Waals surface area contributed by atoms with Crippen LogP contribution < -0.4 is 17.0 Å². The maximum absolute atomic E-state index is 12.1. The number of hydrogen-bond acceptors (Lipinski definition) is 5. The van der Waals surface area contributed by atoms with Crippen molar-refractivity contribution in [3.63, 3.8) is 0 Å². The van der Waals surface area contributed by atoms with E-state index in [9.17, 15) is 4.79 Å². The molecule has 1 rings (SSSR count). The molecule has 1 fully saturated rings. The van der Waals surface area contributed by atoms with E-state index < -0.39 is 0 Å². The van der Waals surface area contributed by atoms with Gasteiger partial charge in [0.15, 0.2) is 0 Å². The Hall–Kier alpha value is -0.470. The Bertz CT molecular complexity index is 626. The Kier molecular flexibility index (Phi) is 31.2. The Morgan fingerprint density at radius 1 is 0.651 bits per heavy atom. The number of rotatable bonds is 30. The first-order valence-corrected chi connectivity index (χ1v) is 18.1. The van der Waals surface area contributed by atoms with E-state index in [1.807, 2.05) is 0 Å². The lowest BCUT2D eigenvalue weighted by atomic mass is 10.1. The summed E-state index contributed by atoms with van der Waals surface area (Å²) < 4.78 is 17.8. The summed E-state index contributed by atoms with van der Waals surface area (Å²) in [4.78, 5) is 14.5. The van der Waals surface area contributed by atoms with E-state index in [2.05, 4.69) is 37.9 Å². The number of likely N-dealkylation sites (N-methyl/N-ethyl adjacent to an activating group) is 1. The van der Waals surface area contributed by atoms with Gasteiger partial charge in [0.05, 0.1) is 52.9 Å². The van der Waals surface area contributed by atoms with Crippen molar-refractivity contribution >= 4 is 5.97 Å². The van der Waals surface area contributed by atoms with Crippen LogP contribution >= 0.6 is 0 Å². The van der Waals surface area contributed by atoms with Crippen molar-refractivity contribution < 1.29 is 40.5 Å². The van der Waals surface area contributed by atoms with Gasteiger partial charge in [-0.1, -0.05) is 96.6 Å². The van der Waals surface area contributed by atoms with Gasteiger partial charge < -0.3 is 35.7 Å². The van der Waals surface area contributed by atoms with Crippen LogP contribution in [-0.4, -0.2) is 94.7 Å². The quantitative estimate of drug-likeness (QED) is 0.0446. The minimum absolute atomic E-state index is 0. The molecule has 0 atom stereocenters. The fraction of sp³-hybridized carbons (Fsp3) is 0.917. The van der Waals surface area contributed by atoms with Crippen molar-refractivity contribution in [2.75, 3.05) is 79.4 Å². The minimum atomic E-state index is -0.114. The van der Waals surface area contributed by atoms with E-state index in [0.717, 1.165) is 32.7 Å². The Morgan fingerprint density at radius 2 is 1.14 bits per heavy atom. The molecule has 0 amide bonds. The van der Waals surface area contributed by atoms with Crippen LogP contribution in [0.5, 0.6) is 0 Å². The van der Waals surface area contributed by atoms with Crippen molar-refractivity contribution in [3.05, 3.63) is 12.2 Å². The number of unbranched alkanes of at least 4 members (excludes halogenated alkanes) is 15. The van der Waals surface area contributed by atoms with Gasteiger partial charge in [0.2, 0.25) is 0 Å². The number of quaternary nitrogens is 1. The average Bonchev–Trinajstić information content (AvgIpc) is 2.99. The summed E-state index contributed by atoms with van der Waals surface area (Å²) in [5.74, 6) is -0.114. The third kappa shape index (κ3) is 27.6.